The van der Waals surface area contributed by atoms with E-state index in [-0.39, 0.29) is 18.6 Å². The molecule has 0 radical (unpaired) electrons. The molecule has 1 heterocycles. The van der Waals surface area contributed by atoms with Gasteiger partial charge in [0.1, 0.15) is 5.60 Å². The van der Waals surface area contributed by atoms with E-state index in [2.05, 4.69) is 5.92 Å². The lowest BCUT2D eigenvalue weighted by molar-refractivity contribution is 0.0726. The quantitative estimate of drug-likeness (QED) is 0.576. The zero-order chi connectivity index (χ0) is 10.3. The lowest BCUT2D eigenvalue weighted by Crippen LogP contribution is -2.49. The first-order chi connectivity index (χ1) is 5.72. The molecule has 0 saturated carbocycles. The fourth-order valence-electron chi connectivity index (χ4n) is 1.61. The van der Waals surface area contributed by atoms with Crippen LogP contribution in [0.1, 0.15) is 26.7 Å². The molecule has 74 valence electrons. The van der Waals surface area contributed by atoms with Gasteiger partial charge in [-0.15, -0.1) is 6.42 Å². The minimum absolute atomic E-state index is 0.0271. The zero-order valence-corrected chi connectivity index (χ0v) is 8.69. The van der Waals surface area contributed by atoms with E-state index < -0.39 is 20.2 Å². The molecule has 1 unspecified atom stereocenters. The monoisotopic (exact) mass is 202 g/mol. The molecule has 4 heteroatoms. The van der Waals surface area contributed by atoms with Gasteiger partial charge in [-0.3, -0.25) is 0 Å². The van der Waals surface area contributed by atoms with Crippen molar-refractivity contribution in [3.05, 3.63) is 0 Å². The predicted octanol–water partition coefficient (Wildman–Crippen LogP) is 0.338. The Bertz CT molecular complexity index is 348. The van der Waals surface area contributed by atoms with Crippen LogP contribution in [0.3, 0.4) is 0 Å². The summed E-state index contributed by atoms with van der Waals surface area (Å²) in [5, 5.41) is 9.75. The number of hydrogen-bond donors (Lipinski definition) is 1. The van der Waals surface area contributed by atoms with Gasteiger partial charge in [-0.1, -0.05) is 5.92 Å². The normalized spacial score (nSPS) is 36.5. The highest BCUT2D eigenvalue weighted by molar-refractivity contribution is 7.92. The van der Waals surface area contributed by atoms with Crippen molar-refractivity contribution >= 4 is 9.84 Å². The summed E-state index contributed by atoms with van der Waals surface area (Å²) in [4.78, 5) is 0. The second-order valence-corrected chi connectivity index (χ2v) is 6.92. The molecule has 0 aromatic carbocycles. The molecule has 1 saturated heterocycles. The van der Waals surface area contributed by atoms with Crippen molar-refractivity contribution < 1.29 is 13.5 Å². The summed E-state index contributed by atoms with van der Waals surface area (Å²) in [6, 6.07) is 0. The molecule has 0 aliphatic carbocycles. The third-order valence-corrected chi connectivity index (χ3v) is 5.18. The smallest absolute Gasteiger partial charge is 0.155 e. The molecule has 0 amide bonds. The van der Waals surface area contributed by atoms with Crippen LogP contribution >= 0.6 is 0 Å². The summed E-state index contributed by atoms with van der Waals surface area (Å²) in [6.07, 6.45) is 5.42. The van der Waals surface area contributed by atoms with E-state index in [0.29, 0.717) is 0 Å². The first-order valence-corrected chi connectivity index (χ1v) is 5.80. The second kappa shape index (κ2) is 2.73. The van der Waals surface area contributed by atoms with Gasteiger partial charge in [-0.05, 0) is 13.8 Å². The predicted molar refractivity (Wildman–Crippen MR) is 50.9 cm³/mol. The molecule has 1 aliphatic heterocycles. The third-order valence-electron chi connectivity index (χ3n) is 2.61. The number of rotatable bonds is 0. The Labute approximate surface area is 79.1 Å². The van der Waals surface area contributed by atoms with Crippen LogP contribution in [-0.2, 0) is 9.84 Å². The van der Waals surface area contributed by atoms with Crippen LogP contribution in [0.5, 0.6) is 0 Å². The van der Waals surface area contributed by atoms with Gasteiger partial charge in [-0.25, -0.2) is 8.42 Å². The average Bonchev–Trinajstić information content (AvgIpc) is 1.98. The molecule has 0 aromatic rings. The Morgan fingerprint density at radius 3 is 2.38 bits per heavy atom. The minimum atomic E-state index is -3.10. The van der Waals surface area contributed by atoms with Gasteiger partial charge in [-0.2, -0.15) is 0 Å². The maximum absolute atomic E-state index is 11.5. The Hall–Kier alpha value is -0.530. The minimum Gasteiger partial charge on any atom is -0.378 e. The highest BCUT2D eigenvalue weighted by Crippen LogP contribution is 2.35. The molecule has 1 rings (SSSR count). The summed E-state index contributed by atoms with van der Waals surface area (Å²) in [5.41, 5.74) is -1.24. The van der Waals surface area contributed by atoms with Gasteiger partial charge in [0, 0.05) is 12.8 Å². The fourth-order valence-corrected chi connectivity index (χ4v) is 3.22. The third kappa shape index (κ3) is 1.72. The van der Waals surface area contributed by atoms with E-state index in [1.54, 1.807) is 13.8 Å². The summed E-state index contributed by atoms with van der Waals surface area (Å²) in [7, 11) is -3.10. The van der Waals surface area contributed by atoms with E-state index in [1.165, 1.54) is 0 Å². The maximum Gasteiger partial charge on any atom is 0.155 e. The number of terminal acetylenes is 1. The lowest BCUT2D eigenvalue weighted by Gasteiger charge is -2.37. The van der Waals surface area contributed by atoms with Crippen molar-refractivity contribution in [2.24, 2.45) is 0 Å². The van der Waals surface area contributed by atoms with Crippen LogP contribution in [-0.4, -0.2) is 29.6 Å². The van der Waals surface area contributed by atoms with E-state index in [1.807, 2.05) is 0 Å². The SMILES string of the molecule is C#CC1(O)CCS(=O)(=O)C(C)(C)C1. The van der Waals surface area contributed by atoms with Crippen LogP contribution in [0, 0.1) is 12.3 Å². The van der Waals surface area contributed by atoms with Gasteiger partial charge >= 0.3 is 0 Å². The number of aliphatic hydroxyl groups is 1. The van der Waals surface area contributed by atoms with Crippen LogP contribution in [0.15, 0.2) is 0 Å². The van der Waals surface area contributed by atoms with Crippen molar-refractivity contribution in [3.63, 3.8) is 0 Å². The van der Waals surface area contributed by atoms with E-state index in [9.17, 15) is 13.5 Å². The Morgan fingerprint density at radius 2 is 2.00 bits per heavy atom. The highest BCUT2D eigenvalue weighted by atomic mass is 32.2. The van der Waals surface area contributed by atoms with Gasteiger partial charge in [0.25, 0.3) is 0 Å². The molecule has 1 N–H and O–H groups in total. The standard InChI is InChI=1S/C9H14O3S/c1-4-9(10)5-6-13(11,12)8(2,3)7-9/h1,10H,5-7H2,2-3H3. The zero-order valence-electron chi connectivity index (χ0n) is 7.87. The van der Waals surface area contributed by atoms with Crippen LogP contribution in [0.2, 0.25) is 0 Å². The van der Waals surface area contributed by atoms with Crippen LogP contribution in [0.4, 0.5) is 0 Å². The highest BCUT2D eigenvalue weighted by Gasteiger charge is 2.46. The molecule has 0 bridgehead atoms. The van der Waals surface area contributed by atoms with E-state index >= 15 is 0 Å². The maximum atomic E-state index is 11.5. The topological polar surface area (TPSA) is 54.4 Å². The van der Waals surface area contributed by atoms with Crippen LogP contribution < -0.4 is 0 Å². The van der Waals surface area contributed by atoms with Crippen molar-refractivity contribution in [2.75, 3.05) is 5.75 Å². The summed E-state index contributed by atoms with van der Waals surface area (Å²) in [6.45, 7) is 3.20. The Morgan fingerprint density at radius 1 is 1.46 bits per heavy atom. The summed E-state index contributed by atoms with van der Waals surface area (Å²) >= 11 is 0. The Balaban J connectivity index is 3.04. The molecule has 0 spiro atoms. The fraction of sp³-hybridized carbons (Fsp3) is 0.778. The van der Waals surface area contributed by atoms with Crippen LogP contribution in [0.25, 0.3) is 0 Å². The second-order valence-electron chi connectivity index (χ2n) is 4.18. The van der Waals surface area contributed by atoms with E-state index in [4.69, 9.17) is 6.42 Å². The Kier molecular flexibility index (Phi) is 2.21. The molecule has 13 heavy (non-hydrogen) atoms. The van der Waals surface area contributed by atoms with E-state index in [0.717, 1.165) is 0 Å². The van der Waals surface area contributed by atoms with Gasteiger partial charge in [0.15, 0.2) is 9.84 Å². The number of sulfone groups is 1. The first-order valence-electron chi connectivity index (χ1n) is 4.15. The van der Waals surface area contributed by atoms with Crippen molar-refractivity contribution in [1.29, 1.82) is 0 Å². The molecular weight excluding hydrogens is 188 g/mol. The average molecular weight is 202 g/mol. The van der Waals surface area contributed by atoms with Gasteiger partial charge in [0.05, 0.1) is 10.5 Å². The largest absolute Gasteiger partial charge is 0.378 e. The van der Waals surface area contributed by atoms with Crippen molar-refractivity contribution in [1.82, 2.24) is 0 Å². The molecule has 1 atom stereocenters. The summed E-state index contributed by atoms with van der Waals surface area (Å²) < 4.78 is 22.1. The molecule has 1 fully saturated rings. The lowest BCUT2D eigenvalue weighted by atomic mass is 9.89. The first kappa shape index (κ1) is 10.6. The van der Waals surface area contributed by atoms with Gasteiger partial charge < -0.3 is 5.11 Å². The molecule has 3 nitrogen and oxygen atoms in total. The molecular formula is C9H14O3S. The van der Waals surface area contributed by atoms with Gasteiger partial charge in [0.2, 0.25) is 0 Å². The van der Waals surface area contributed by atoms with Crippen molar-refractivity contribution in [2.45, 2.75) is 37.0 Å². The van der Waals surface area contributed by atoms with Crippen molar-refractivity contribution in [3.8, 4) is 12.3 Å². The number of hydrogen-bond acceptors (Lipinski definition) is 3. The summed E-state index contributed by atoms with van der Waals surface area (Å²) in [5.74, 6) is 2.24. The molecule has 1 aliphatic rings. The molecule has 0 aromatic heterocycles.